The number of carboxylic acids is 1. The van der Waals surface area contributed by atoms with E-state index in [9.17, 15) is 14.7 Å². The number of hydrogen-bond donors (Lipinski definition) is 2. The quantitative estimate of drug-likeness (QED) is 0.802. The van der Waals surface area contributed by atoms with E-state index in [4.69, 9.17) is 0 Å². The zero-order valence-electron chi connectivity index (χ0n) is 11.0. The number of rotatable bonds is 4. The molecule has 108 valence electrons. The fourth-order valence-electron chi connectivity index (χ4n) is 2.47. The molecule has 0 bridgehead atoms. The number of carbonyl (C=O) groups is 2. The van der Waals surface area contributed by atoms with Crippen LogP contribution in [0.4, 0.5) is 0 Å². The molecule has 2 N–H and O–H groups in total. The molecule has 2 aliphatic heterocycles. The van der Waals surface area contributed by atoms with Gasteiger partial charge in [0.2, 0.25) is 5.91 Å². The first-order valence-electron chi connectivity index (χ1n) is 6.60. The van der Waals surface area contributed by atoms with Gasteiger partial charge in [-0.25, -0.2) is 4.79 Å². The van der Waals surface area contributed by atoms with Gasteiger partial charge in [-0.05, 0) is 6.42 Å². The minimum Gasteiger partial charge on any atom is -0.480 e. The first-order chi connectivity index (χ1) is 9.13. The Labute approximate surface area is 121 Å². The Kier molecular flexibility index (Phi) is 5.41. The van der Waals surface area contributed by atoms with E-state index in [1.807, 2.05) is 18.7 Å². The lowest BCUT2D eigenvalue weighted by Crippen LogP contribution is -2.48. The molecule has 3 atom stereocenters. The van der Waals surface area contributed by atoms with Crippen LogP contribution in [0.2, 0.25) is 0 Å². The summed E-state index contributed by atoms with van der Waals surface area (Å²) in [7, 11) is 0. The Bertz CT molecular complexity index is 348. The molecular formula is C12H20N2O3S2. The summed E-state index contributed by atoms with van der Waals surface area (Å²) in [6.07, 6.45) is 1.21. The van der Waals surface area contributed by atoms with E-state index in [0.717, 1.165) is 24.5 Å². The molecule has 0 aromatic carbocycles. The molecule has 2 saturated heterocycles. The third kappa shape index (κ3) is 3.58. The molecule has 0 aromatic rings. The van der Waals surface area contributed by atoms with Crippen molar-refractivity contribution >= 4 is 35.4 Å². The number of nitrogens with zero attached hydrogens (tertiary/aromatic N) is 1. The second kappa shape index (κ2) is 6.85. The maximum absolute atomic E-state index is 12.4. The molecule has 2 fully saturated rings. The molecule has 7 heteroatoms. The lowest BCUT2D eigenvalue weighted by molar-refractivity contribution is -0.149. The molecule has 2 aliphatic rings. The SMILES string of the molecule is CCC1SCC(C(=O)O)N1C(=O)CC1CSCCN1. The summed E-state index contributed by atoms with van der Waals surface area (Å²) >= 11 is 3.42. The molecule has 0 saturated carbocycles. The lowest BCUT2D eigenvalue weighted by Gasteiger charge is -2.30. The van der Waals surface area contributed by atoms with E-state index < -0.39 is 12.0 Å². The van der Waals surface area contributed by atoms with Gasteiger partial charge >= 0.3 is 5.97 Å². The van der Waals surface area contributed by atoms with Gasteiger partial charge < -0.3 is 15.3 Å². The number of amides is 1. The van der Waals surface area contributed by atoms with Crippen LogP contribution in [-0.2, 0) is 9.59 Å². The van der Waals surface area contributed by atoms with Crippen LogP contribution in [0.3, 0.4) is 0 Å². The van der Waals surface area contributed by atoms with Crippen molar-refractivity contribution in [2.45, 2.75) is 37.2 Å². The monoisotopic (exact) mass is 304 g/mol. The largest absolute Gasteiger partial charge is 0.480 e. The van der Waals surface area contributed by atoms with Gasteiger partial charge in [0, 0.05) is 36.3 Å². The molecule has 2 heterocycles. The van der Waals surface area contributed by atoms with Crippen molar-refractivity contribution in [1.82, 2.24) is 10.2 Å². The highest BCUT2D eigenvalue weighted by molar-refractivity contribution is 8.00. The molecule has 3 unspecified atom stereocenters. The van der Waals surface area contributed by atoms with Crippen molar-refractivity contribution < 1.29 is 14.7 Å². The number of carbonyl (C=O) groups excluding carboxylic acids is 1. The molecule has 1 amide bonds. The highest BCUT2D eigenvalue weighted by Crippen LogP contribution is 2.32. The van der Waals surface area contributed by atoms with Gasteiger partial charge in [0.15, 0.2) is 0 Å². The Balaban J connectivity index is 1.99. The molecule has 0 radical (unpaired) electrons. The Morgan fingerprint density at radius 2 is 2.21 bits per heavy atom. The molecule has 2 rings (SSSR count). The average molecular weight is 304 g/mol. The summed E-state index contributed by atoms with van der Waals surface area (Å²) in [4.78, 5) is 25.2. The van der Waals surface area contributed by atoms with Gasteiger partial charge in [-0.1, -0.05) is 6.92 Å². The van der Waals surface area contributed by atoms with Crippen molar-refractivity contribution in [1.29, 1.82) is 0 Å². The van der Waals surface area contributed by atoms with E-state index in [1.54, 1.807) is 16.7 Å². The van der Waals surface area contributed by atoms with Gasteiger partial charge in [0.1, 0.15) is 6.04 Å². The Morgan fingerprint density at radius 3 is 2.79 bits per heavy atom. The summed E-state index contributed by atoms with van der Waals surface area (Å²) in [5, 5.41) is 12.6. The van der Waals surface area contributed by atoms with Gasteiger partial charge in [-0.2, -0.15) is 11.8 Å². The standard InChI is InChI=1S/C12H20N2O3S2/c1-2-11-14(9(7-19-11)12(16)17)10(15)5-8-6-18-4-3-13-8/h8-9,11,13H,2-7H2,1H3,(H,16,17). The summed E-state index contributed by atoms with van der Waals surface area (Å²) in [6.45, 7) is 2.92. The topological polar surface area (TPSA) is 69.6 Å². The first-order valence-corrected chi connectivity index (χ1v) is 8.80. The van der Waals surface area contributed by atoms with Crippen molar-refractivity contribution in [2.75, 3.05) is 23.8 Å². The molecular weight excluding hydrogens is 284 g/mol. The smallest absolute Gasteiger partial charge is 0.327 e. The predicted octanol–water partition coefficient (Wildman–Crippen LogP) is 0.846. The van der Waals surface area contributed by atoms with Crippen LogP contribution in [0.15, 0.2) is 0 Å². The molecule has 0 aromatic heterocycles. The van der Waals surface area contributed by atoms with Crippen LogP contribution in [0.5, 0.6) is 0 Å². The number of hydrogen-bond acceptors (Lipinski definition) is 5. The molecule has 19 heavy (non-hydrogen) atoms. The van der Waals surface area contributed by atoms with Crippen molar-refractivity contribution in [3.8, 4) is 0 Å². The molecule has 0 aliphatic carbocycles. The third-order valence-corrected chi connectivity index (χ3v) is 6.02. The van der Waals surface area contributed by atoms with Crippen LogP contribution in [0, 0.1) is 0 Å². The Morgan fingerprint density at radius 1 is 1.42 bits per heavy atom. The maximum atomic E-state index is 12.4. The zero-order chi connectivity index (χ0) is 13.8. The van der Waals surface area contributed by atoms with Crippen molar-refractivity contribution in [3.05, 3.63) is 0 Å². The first kappa shape index (κ1) is 15.0. The van der Waals surface area contributed by atoms with E-state index >= 15 is 0 Å². The molecule has 5 nitrogen and oxygen atoms in total. The highest BCUT2D eigenvalue weighted by Gasteiger charge is 2.41. The second-order valence-electron chi connectivity index (χ2n) is 4.78. The summed E-state index contributed by atoms with van der Waals surface area (Å²) in [6, 6.07) is -0.470. The normalized spacial score (nSPS) is 31.4. The summed E-state index contributed by atoms with van der Waals surface area (Å²) < 4.78 is 0. The van der Waals surface area contributed by atoms with Crippen LogP contribution in [0.1, 0.15) is 19.8 Å². The maximum Gasteiger partial charge on any atom is 0.327 e. The second-order valence-corrected chi connectivity index (χ2v) is 7.14. The van der Waals surface area contributed by atoms with Crippen molar-refractivity contribution in [3.63, 3.8) is 0 Å². The van der Waals surface area contributed by atoms with Gasteiger partial charge in [-0.15, -0.1) is 11.8 Å². The number of nitrogens with one attached hydrogen (secondary N) is 1. The van der Waals surface area contributed by atoms with Crippen molar-refractivity contribution in [2.24, 2.45) is 0 Å². The number of thioether (sulfide) groups is 2. The van der Waals surface area contributed by atoms with E-state index in [2.05, 4.69) is 5.32 Å². The summed E-state index contributed by atoms with van der Waals surface area (Å²) in [5.41, 5.74) is 0. The van der Waals surface area contributed by atoms with Crippen LogP contribution >= 0.6 is 23.5 Å². The average Bonchev–Trinajstić information content (AvgIpc) is 2.83. The van der Waals surface area contributed by atoms with Crippen LogP contribution < -0.4 is 5.32 Å². The van der Waals surface area contributed by atoms with Gasteiger partial charge in [0.05, 0.1) is 5.37 Å². The minimum atomic E-state index is -0.886. The van der Waals surface area contributed by atoms with Crippen LogP contribution in [0.25, 0.3) is 0 Å². The van der Waals surface area contributed by atoms with Gasteiger partial charge in [-0.3, -0.25) is 4.79 Å². The lowest BCUT2D eigenvalue weighted by atomic mass is 10.1. The summed E-state index contributed by atoms with van der Waals surface area (Å²) in [5.74, 6) is 1.61. The van der Waals surface area contributed by atoms with E-state index in [0.29, 0.717) is 12.2 Å². The predicted molar refractivity (Wildman–Crippen MR) is 78.5 cm³/mol. The highest BCUT2D eigenvalue weighted by atomic mass is 32.2. The number of carboxylic acid groups (broad SMARTS) is 1. The Hall–Kier alpha value is -0.400. The molecule has 0 spiro atoms. The third-order valence-electron chi connectivity index (χ3n) is 3.43. The van der Waals surface area contributed by atoms with E-state index in [-0.39, 0.29) is 17.3 Å². The number of aliphatic carboxylic acids is 1. The van der Waals surface area contributed by atoms with Crippen LogP contribution in [-0.4, -0.2) is 63.1 Å². The van der Waals surface area contributed by atoms with Gasteiger partial charge in [0.25, 0.3) is 0 Å². The zero-order valence-corrected chi connectivity index (χ0v) is 12.6. The minimum absolute atomic E-state index is 0.0184. The fraction of sp³-hybridized carbons (Fsp3) is 0.833. The van der Waals surface area contributed by atoms with E-state index in [1.165, 1.54) is 0 Å². The fourth-order valence-corrected chi connectivity index (χ4v) is 4.79.